The second-order valence-electron chi connectivity index (χ2n) is 5.92. The minimum absolute atomic E-state index is 0.185. The van der Waals surface area contributed by atoms with Crippen molar-refractivity contribution in [3.05, 3.63) is 42.5 Å². The smallest absolute Gasteiger partial charge is 0.262 e. The number of anilines is 2. The fraction of sp³-hybridized carbons (Fsp3) is 0.278. The molecule has 0 saturated heterocycles. The van der Waals surface area contributed by atoms with Gasteiger partial charge in [-0.3, -0.25) is 9.10 Å². The lowest BCUT2D eigenvalue weighted by molar-refractivity contribution is -0.118. The van der Waals surface area contributed by atoms with E-state index in [1.807, 2.05) is 0 Å². The SMILES string of the molecule is CN(c1ccc(OCC(=O)Nc2ccc3c(c2)OCCO3)cc1)S(C)(=O)=O. The van der Waals surface area contributed by atoms with Gasteiger partial charge in [0.15, 0.2) is 18.1 Å². The summed E-state index contributed by atoms with van der Waals surface area (Å²) in [7, 11) is -1.86. The maximum Gasteiger partial charge on any atom is 0.262 e. The number of nitrogens with one attached hydrogen (secondary N) is 1. The third kappa shape index (κ3) is 4.82. The minimum atomic E-state index is -3.33. The molecule has 144 valence electrons. The fourth-order valence-electron chi connectivity index (χ4n) is 2.41. The number of carbonyl (C=O) groups excluding carboxylic acids is 1. The van der Waals surface area contributed by atoms with Gasteiger partial charge < -0.3 is 19.5 Å². The number of hydrogen-bond acceptors (Lipinski definition) is 6. The van der Waals surface area contributed by atoms with Crippen LogP contribution in [-0.2, 0) is 14.8 Å². The van der Waals surface area contributed by atoms with E-state index >= 15 is 0 Å². The highest BCUT2D eigenvalue weighted by molar-refractivity contribution is 7.92. The molecule has 1 N–H and O–H groups in total. The first-order valence-corrected chi connectivity index (χ1v) is 10.0. The first-order chi connectivity index (χ1) is 12.8. The Kier molecular flexibility index (Phi) is 5.41. The molecule has 3 rings (SSSR count). The molecular weight excluding hydrogens is 372 g/mol. The van der Waals surface area contributed by atoms with Crippen LogP contribution in [0.5, 0.6) is 17.2 Å². The van der Waals surface area contributed by atoms with Gasteiger partial charge in [-0.2, -0.15) is 0 Å². The van der Waals surface area contributed by atoms with E-state index < -0.39 is 10.0 Å². The molecule has 2 aromatic carbocycles. The van der Waals surface area contributed by atoms with Gasteiger partial charge in [0.25, 0.3) is 5.91 Å². The summed E-state index contributed by atoms with van der Waals surface area (Å²) < 4.78 is 40.5. The molecule has 2 aromatic rings. The zero-order valence-corrected chi connectivity index (χ0v) is 15.8. The van der Waals surface area contributed by atoms with Gasteiger partial charge in [-0.05, 0) is 36.4 Å². The molecule has 0 saturated carbocycles. The Morgan fingerprint density at radius 1 is 1.11 bits per heavy atom. The number of hydrogen-bond donors (Lipinski definition) is 1. The predicted octanol–water partition coefficient (Wildman–Crippen LogP) is 1.87. The molecule has 0 fully saturated rings. The quantitative estimate of drug-likeness (QED) is 0.807. The van der Waals surface area contributed by atoms with Gasteiger partial charge >= 0.3 is 0 Å². The second kappa shape index (κ2) is 7.75. The molecule has 9 heteroatoms. The molecule has 1 heterocycles. The Morgan fingerprint density at radius 2 is 1.78 bits per heavy atom. The van der Waals surface area contributed by atoms with Crippen molar-refractivity contribution in [2.24, 2.45) is 0 Å². The van der Waals surface area contributed by atoms with E-state index in [2.05, 4.69) is 5.32 Å². The molecule has 1 aliphatic rings. The predicted molar refractivity (Wildman–Crippen MR) is 101 cm³/mol. The van der Waals surface area contributed by atoms with E-state index in [1.165, 1.54) is 7.05 Å². The van der Waals surface area contributed by atoms with Crippen LogP contribution < -0.4 is 23.8 Å². The van der Waals surface area contributed by atoms with E-state index in [1.54, 1.807) is 42.5 Å². The summed E-state index contributed by atoms with van der Waals surface area (Å²) in [6.45, 7) is 0.791. The van der Waals surface area contributed by atoms with E-state index in [9.17, 15) is 13.2 Å². The molecule has 0 unspecified atom stereocenters. The highest BCUT2D eigenvalue weighted by Gasteiger charge is 2.14. The van der Waals surface area contributed by atoms with Crippen molar-refractivity contribution in [1.82, 2.24) is 0 Å². The van der Waals surface area contributed by atoms with Gasteiger partial charge in [0.1, 0.15) is 19.0 Å². The largest absolute Gasteiger partial charge is 0.486 e. The van der Waals surface area contributed by atoms with Crippen molar-refractivity contribution >= 4 is 27.3 Å². The summed E-state index contributed by atoms with van der Waals surface area (Å²) >= 11 is 0. The Balaban J connectivity index is 1.55. The average Bonchev–Trinajstić information content (AvgIpc) is 2.65. The van der Waals surface area contributed by atoms with E-state index in [4.69, 9.17) is 14.2 Å². The molecule has 1 amide bonds. The molecule has 27 heavy (non-hydrogen) atoms. The van der Waals surface area contributed by atoms with Gasteiger partial charge in [0, 0.05) is 18.8 Å². The number of fused-ring (bicyclic) bond motifs is 1. The van der Waals surface area contributed by atoms with Crippen LogP contribution in [0.15, 0.2) is 42.5 Å². The van der Waals surface area contributed by atoms with Crippen LogP contribution in [0.25, 0.3) is 0 Å². The summed E-state index contributed by atoms with van der Waals surface area (Å²) in [5.74, 6) is 1.36. The van der Waals surface area contributed by atoms with Gasteiger partial charge in [-0.25, -0.2) is 8.42 Å². The van der Waals surface area contributed by atoms with Gasteiger partial charge in [-0.1, -0.05) is 0 Å². The number of amides is 1. The molecule has 0 bridgehead atoms. The molecule has 1 aliphatic heterocycles. The van der Waals surface area contributed by atoms with E-state index in [0.29, 0.717) is 41.8 Å². The van der Waals surface area contributed by atoms with Crippen molar-refractivity contribution in [1.29, 1.82) is 0 Å². The van der Waals surface area contributed by atoms with Crippen LogP contribution in [0.3, 0.4) is 0 Å². The lowest BCUT2D eigenvalue weighted by Crippen LogP contribution is -2.24. The van der Waals surface area contributed by atoms with Crippen molar-refractivity contribution in [3.63, 3.8) is 0 Å². The summed E-state index contributed by atoms with van der Waals surface area (Å²) in [5.41, 5.74) is 1.09. The van der Waals surface area contributed by atoms with Crippen LogP contribution in [0.2, 0.25) is 0 Å². The maximum atomic E-state index is 12.1. The maximum absolute atomic E-state index is 12.1. The Morgan fingerprint density at radius 3 is 2.44 bits per heavy atom. The summed E-state index contributed by atoms with van der Waals surface area (Å²) in [6.07, 6.45) is 1.12. The van der Waals surface area contributed by atoms with Crippen LogP contribution >= 0.6 is 0 Å². The number of carbonyl (C=O) groups is 1. The number of rotatable bonds is 6. The average molecular weight is 392 g/mol. The molecule has 0 radical (unpaired) electrons. The molecule has 0 spiro atoms. The molecule has 8 nitrogen and oxygen atoms in total. The molecular formula is C18H20N2O6S. The minimum Gasteiger partial charge on any atom is -0.486 e. The van der Waals surface area contributed by atoms with Crippen molar-refractivity contribution in [3.8, 4) is 17.2 Å². The van der Waals surface area contributed by atoms with Gasteiger partial charge in [-0.15, -0.1) is 0 Å². The fourth-order valence-corrected chi connectivity index (χ4v) is 2.92. The lowest BCUT2D eigenvalue weighted by Gasteiger charge is -2.19. The first-order valence-electron chi connectivity index (χ1n) is 8.19. The molecule has 0 aromatic heterocycles. The van der Waals surface area contributed by atoms with Crippen LogP contribution in [0, 0.1) is 0 Å². The van der Waals surface area contributed by atoms with E-state index in [0.717, 1.165) is 10.6 Å². The van der Waals surface area contributed by atoms with Crippen molar-refractivity contribution in [2.45, 2.75) is 0 Å². The second-order valence-corrected chi connectivity index (χ2v) is 7.93. The summed E-state index contributed by atoms with van der Waals surface area (Å²) in [5, 5.41) is 2.72. The first kappa shape index (κ1) is 18.8. The van der Waals surface area contributed by atoms with Crippen LogP contribution in [-0.4, -0.2) is 47.4 Å². The third-order valence-corrected chi connectivity index (χ3v) is 5.10. The zero-order chi connectivity index (χ0) is 19.4. The van der Waals surface area contributed by atoms with Gasteiger partial charge in [0.2, 0.25) is 10.0 Å². The number of nitrogens with zero attached hydrogens (tertiary/aromatic N) is 1. The van der Waals surface area contributed by atoms with Crippen molar-refractivity contribution < 1.29 is 27.4 Å². The zero-order valence-electron chi connectivity index (χ0n) is 15.0. The standard InChI is InChI=1S/C18H20N2O6S/c1-20(27(2,22)23)14-4-6-15(7-5-14)26-12-18(21)19-13-3-8-16-17(11-13)25-10-9-24-16/h3-8,11H,9-10,12H2,1-2H3,(H,19,21). The highest BCUT2D eigenvalue weighted by atomic mass is 32.2. The van der Waals surface area contributed by atoms with Crippen LogP contribution in [0.4, 0.5) is 11.4 Å². The molecule has 0 atom stereocenters. The molecule has 0 aliphatic carbocycles. The lowest BCUT2D eigenvalue weighted by atomic mass is 10.2. The summed E-state index contributed by atoms with van der Waals surface area (Å²) in [4.78, 5) is 12.1. The number of sulfonamides is 1. The Bertz CT molecular complexity index is 927. The number of benzene rings is 2. The van der Waals surface area contributed by atoms with Crippen LogP contribution in [0.1, 0.15) is 0 Å². The highest BCUT2D eigenvalue weighted by Crippen LogP contribution is 2.32. The van der Waals surface area contributed by atoms with Crippen molar-refractivity contribution in [2.75, 3.05) is 42.7 Å². The van der Waals surface area contributed by atoms with Gasteiger partial charge in [0.05, 0.1) is 11.9 Å². The monoisotopic (exact) mass is 392 g/mol. The Hall–Kier alpha value is -2.94. The Labute approximate surface area is 157 Å². The third-order valence-electron chi connectivity index (χ3n) is 3.89. The number of ether oxygens (including phenoxy) is 3. The summed E-state index contributed by atoms with van der Waals surface area (Å²) in [6, 6.07) is 11.6. The normalized spacial score (nSPS) is 13.0. The topological polar surface area (TPSA) is 94.2 Å². The van der Waals surface area contributed by atoms with E-state index in [-0.39, 0.29) is 12.5 Å².